The Balaban J connectivity index is 2.35. The van der Waals surface area contributed by atoms with Crippen molar-refractivity contribution in [2.75, 3.05) is 32.9 Å². The molecule has 0 amide bonds. The number of hydrogen-bond donors (Lipinski definition) is 2. The molecule has 1 aromatic heterocycles. The van der Waals surface area contributed by atoms with Crippen LogP contribution in [0.4, 0.5) is 0 Å². The molecule has 138 valence electrons. The maximum Gasteiger partial charge on any atom is 0.211 e. The Bertz CT molecular complexity index is 626. The molecule has 0 aliphatic carbocycles. The highest BCUT2D eigenvalue weighted by Crippen LogP contribution is 2.17. The molecule has 2 N–H and O–H groups in total. The second-order valence-electron chi connectivity index (χ2n) is 5.78. The van der Waals surface area contributed by atoms with Crippen LogP contribution in [0.2, 0.25) is 0 Å². The Kier molecular flexibility index (Phi) is 8.65. The molecular weight excluding hydrogens is 346 g/mol. The van der Waals surface area contributed by atoms with Crippen LogP contribution in [0.3, 0.4) is 0 Å². The Morgan fingerprint density at radius 1 is 1.42 bits per heavy atom. The lowest BCUT2D eigenvalue weighted by Crippen LogP contribution is -2.39. The van der Waals surface area contributed by atoms with Crippen LogP contribution in [0.25, 0.3) is 0 Å². The summed E-state index contributed by atoms with van der Waals surface area (Å²) in [6, 6.07) is 0. The maximum absolute atomic E-state index is 11.5. The highest BCUT2D eigenvalue weighted by Gasteiger charge is 2.13. The first kappa shape index (κ1) is 20.9. The molecule has 0 radical (unpaired) electrons. The van der Waals surface area contributed by atoms with Crippen LogP contribution in [0, 0.1) is 0 Å². The van der Waals surface area contributed by atoms with E-state index in [0.29, 0.717) is 38.1 Å². The fraction of sp³-hybridized carbons (Fsp3) is 0.733. The molecule has 1 heterocycles. The minimum Gasteiger partial charge on any atom is -0.356 e. The van der Waals surface area contributed by atoms with Gasteiger partial charge in [-0.3, -0.25) is 4.99 Å². The quantitative estimate of drug-likeness (QED) is 0.389. The van der Waals surface area contributed by atoms with E-state index >= 15 is 0 Å². The number of nitrogens with one attached hydrogen (secondary N) is 2. The van der Waals surface area contributed by atoms with Crippen LogP contribution in [-0.2, 0) is 16.6 Å². The fourth-order valence-corrected chi connectivity index (χ4v) is 3.90. The molecule has 0 fully saturated rings. The van der Waals surface area contributed by atoms with Crippen LogP contribution in [0.1, 0.15) is 43.8 Å². The number of aromatic nitrogens is 1. The molecule has 9 heteroatoms. The Morgan fingerprint density at radius 2 is 2.12 bits per heavy atom. The average Bonchev–Trinajstić information content (AvgIpc) is 2.98. The average molecular weight is 376 g/mol. The minimum absolute atomic E-state index is 0.434. The monoisotopic (exact) mass is 375 g/mol. The lowest BCUT2D eigenvalue weighted by Gasteiger charge is -2.18. The van der Waals surface area contributed by atoms with E-state index in [4.69, 9.17) is 0 Å². The molecule has 7 nitrogen and oxygen atoms in total. The number of sulfonamides is 1. The summed E-state index contributed by atoms with van der Waals surface area (Å²) < 4.78 is 24.5. The van der Waals surface area contributed by atoms with E-state index in [1.807, 2.05) is 6.92 Å². The molecule has 0 saturated heterocycles. The SMILES string of the molecule is CCN(CCCNC(=NC)NCc1nc(C(C)C)cs1)S(C)(=O)=O. The number of thiazole rings is 1. The zero-order valence-corrected chi connectivity index (χ0v) is 16.8. The van der Waals surface area contributed by atoms with E-state index < -0.39 is 10.0 Å². The van der Waals surface area contributed by atoms with Gasteiger partial charge in [0.05, 0.1) is 18.5 Å². The van der Waals surface area contributed by atoms with Crippen LogP contribution in [0.5, 0.6) is 0 Å². The zero-order chi connectivity index (χ0) is 18.2. The van der Waals surface area contributed by atoms with Crippen molar-refractivity contribution in [3.63, 3.8) is 0 Å². The standard InChI is InChI=1S/C15H29N5O2S2/c1-6-20(24(5,21)22)9-7-8-17-15(16-4)18-10-14-19-13(11-23-14)12(2)3/h11-12H,6-10H2,1-5H3,(H2,16,17,18). The number of rotatable bonds is 9. The summed E-state index contributed by atoms with van der Waals surface area (Å²) in [5.41, 5.74) is 1.11. The molecule has 0 unspecified atom stereocenters. The second kappa shape index (κ2) is 9.95. The molecule has 1 rings (SSSR count). The number of aliphatic imine (C=N–C) groups is 1. The first-order valence-electron chi connectivity index (χ1n) is 8.11. The normalized spacial score (nSPS) is 12.9. The third kappa shape index (κ3) is 7.14. The molecule has 24 heavy (non-hydrogen) atoms. The van der Waals surface area contributed by atoms with Crippen molar-refractivity contribution in [1.82, 2.24) is 19.9 Å². The Labute approximate surface area is 149 Å². The third-order valence-corrected chi connectivity index (χ3v) is 5.74. The molecule has 0 spiro atoms. The zero-order valence-electron chi connectivity index (χ0n) is 15.2. The summed E-state index contributed by atoms with van der Waals surface area (Å²) >= 11 is 1.64. The van der Waals surface area contributed by atoms with Gasteiger partial charge in [-0.2, -0.15) is 0 Å². The smallest absolute Gasteiger partial charge is 0.211 e. The second-order valence-corrected chi connectivity index (χ2v) is 8.71. The number of hydrogen-bond acceptors (Lipinski definition) is 5. The minimum atomic E-state index is -3.12. The molecular formula is C15H29N5O2S2. The van der Waals surface area contributed by atoms with Gasteiger partial charge in [0.15, 0.2) is 5.96 Å². The van der Waals surface area contributed by atoms with Crippen LogP contribution >= 0.6 is 11.3 Å². The fourth-order valence-electron chi connectivity index (χ4n) is 2.07. The lowest BCUT2D eigenvalue weighted by atomic mass is 10.2. The van der Waals surface area contributed by atoms with E-state index in [1.165, 1.54) is 10.6 Å². The molecule has 0 saturated carbocycles. The maximum atomic E-state index is 11.5. The van der Waals surface area contributed by atoms with Crippen molar-refractivity contribution >= 4 is 27.3 Å². The summed E-state index contributed by atoms with van der Waals surface area (Å²) in [5, 5.41) is 9.53. The van der Waals surface area contributed by atoms with E-state index in [9.17, 15) is 8.42 Å². The molecule has 1 aromatic rings. The Hall–Kier alpha value is -1.19. The van der Waals surface area contributed by atoms with Crippen molar-refractivity contribution in [3.8, 4) is 0 Å². The summed E-state index contributed by atoms with van der Waals surface area (Å²) in [6.45, 7) is 8.37. The van der Waals surface area contributed by atoms with E-state index in [0.717, 1.165) is 17.1 Å². The number of guanidine groups is 1. The van der Waals surface area contributed by atoms with Gasteiger partial charge in [-0.05, 0) is 12.3 Å². The van der Waals surface area contributed by atoms with Gasteiger partial charge in [0.25, 0.3) is 0 Å². The van der Waals surface area contributed by atoms with E-state index in [2.05, 4.69) is 39.8 Å². The largest absolute Gasteiger partial charge is 0.356 e. The van der Waals surface area contributed by atoms with Crippen molar-refractivity contribution in [1.29, 1.82) is 0 Å². The van der Waals surface area contributed by atoms with Gasteiger partial charge in [-0.25, -0.2) is 17.7 Å². The molecule has 0 atom stereocenters. The highest BCUT2D eigenvalue weighted by molar-refractivity contribution is 7.88. The van der Waals surface area contributed by atoms with Gasteiger partial charge >= 0.3 is 0 Å². The van der Waals surface area contributed by atoms with Crippen molar-refractivity contribution in [2.45, 2.75) is 39.7 Å². The molecule has 0 aliphatic heterocycles. The first-order valence-corrected chi connectivity index (χ1v) is 10.8. The van der Waals surface area contributed by atoms with Gasteiger partial charge in [0.2, 0.25) is 10.0 Å². The summed E-state index contributed by atoms with van der Waals surface area (Å²) in [5.74, 6) is 1.13. The van der Waals surface area contributed by atoms with E-state index in [-0.39, 0.29) is 0 Å². The molecule has 0 aromatic carbocycles. The van der Waals surface area contributed by atoms with Gasteiger partial charge in [0, 0.05) is 32.1 Å². The van der Waals surface area contributed by atoms with Crippen LogP contribution < -0.4 is 10.6 Å². The van der Waals surface area contributed by atoms with Crippen LogP contribution in [-0.4, -0.2) is 56.6 Å². The predicted molar refractivity (Wildman–Crippen MR) is 101 cm³/mol. The van der Waals surface area contributed by atoms with Crippen molar-refractivity contribution in [2.24, 2.45) is 4.99 Å². The molecule has 0 aliphatic rings. The van der Waals surface area contributed by atoms with Gasteiger partial charge in [0.1, 0.15) is 5.01 Å². The number of nitrogens with zero attached hydrogens (tertiary/aromatic N) is 3. The summed E-state index contributed by atoms with van der Waals surface area (Å²) in [7, 11) is -1.41. The third-order valence-electron chi connectivity index (χ3n) is 3.49. The van der Waals surface area contributed by atoms with Gasteiger partial charge in [-0.1, -0.05) is 20.8 Å². The Morgan fingerprint density at radius 3 is 2.62 bits per heavy atom. The lowest BCUT2D eigenvalue weighted by molar-refractivity contribution is 0.424. The van der Waals surface area contributed by atoms with Gasteiger partial charge < -0.3 is 10.6 Å². The van der Waals surface area contributed by atoms with Crippen molar-refractivity contribution < 1.29 is 8.42 Å². The first-order chi connectivity index (χ1) is 11.3. The highest BCUT2D eigenvalue weighted by atomic mass is 32.2. The summed E-state index contributed by atoms with van der Waals surface area (Å²) in [4.78, 5) is 8.74. The van der Waals surface area contributed by atoms with E-state index in [1.54, 1.807) is 18.4 Å². The predicted octanol–water partition coefficient (Wildman–Crippen LogP) is 1.60. The topological polar surface area (TPSA) is 86.7 Å². The van der Waals surface area contributed by atoms with Gasteiger partial charge in [-0.15, -0.1) is 11.3 Å². The van der Waals surface area contributed by atoms with Crippen LogP contribution in [0.15, 0.2) is 10.4 Å². The molecule has 0 bridgehead atoms. The van der Waals surface area contributed by atoms with Crippen molar-refractivity contribution in [3.05, 3.63) is 16.1 Å². The summed E-state index contributed by atoms with van der Waals surface area (Å²) in [6.07, 6.45) is 1.96.